The Morgan fingerprint density at radius 2 is 1.90 bits per heavy atom. The molecule has 11 heteroatoms. The van der Waals surface area contributed by atoms with E-state index >= 15 is 0 Å². The first-order valence-corrected chi connectivity index (χ1v) is 12.0. The van der Waals surface area contributed by atoms with Crippen molar-refractivity contribution < 1.29 is 18.0 Å². The molecule has 3 heterocycles. The Hall–Kier alpha value is -1.56. The summed E-state index contributed by atoms with van der Waals surface area (Å²) in [6.07, 6.45) is 2.30. The molecule has 2 amide bonds. The molecule has 0 N–H and O–H groups in total. The van der Waals surface area contributed by atoms with Crippen molar-refractivity contribution >= 4 is 33.4 Å². The second kappa shape index (κ2) is 7.29. The zero-order chi connectivity index (χ0) is 21.1. The summed E-state index contributed by atoms with van der Waals surface area (Å²) in [5.74, 6) is -0.860. The third-order valence-corrected chi connectivity index (χ3v) is 9.26. The first-order chi connectivity index (χ1) is 13.6. The molecule has 0 aromatic carbocycles. The summed E-state index contributed by atoms with van der Waals surface area (Å²) in [6.45, 7) is 1.59. The summed E-state index contributed by atoms with van der Waals surface area (Å²) < 4.78 is 28.5. The summed E-state index contributed by atoms with van der Waals surface area (Å²) in [4.78, 5) is 35.0. The first-order valence-electron chi connectivity index (χ1n) is 9.81. The molecule has 0 bridgehead atoms. The van der Waals surface area contributed by atoms with Crippen LogP contribution in [0, 0.1) is 5.92 Å². The maximum absolute atomic E-state index is 13.3. The van der Waals surface area contributed by atoms with Gasteiger partial charge in [0.2, 0.25) is 5.91 Å². The van der Waals surface area contributed by atoms with Crippen molar-refractivity contribution in [1.29, 1.82) is 0 Å². The summed E-state index contributed by atoms with van der Waals surface area (Å²) in [5, 5.41) is 0.226. The van der Waals surface area contributed by atoms with Gasteiger partial charge in [-0.25, -0.2) is 9.29 Å². The minimum Gasteiger partial charge on any atom is -0.349 e. The second-order valence-corrected chi connectivity index (χ2v) is 11.3. The van der Waals surface area contributed by atoms with Crippen LogP contribution in [0.4, 0.5) is 0 Å². The molecule has 4 rings (SSSR count). The van der Waals surface area contributed by atoms with Crippen molar-refractivity contribution in [2.24, 2.45) is 5.92 Å². The smallest absolute Gasteiger partial charge is 0.306 e. The average molecular weight is 442 g/mol. The predicted octanol–water partition coefficient (Wildman–Crippen LogP) is 0.389. The normalized spacial score (nSPS) is 29.4. The Kier molecular flexibility index (Phi) is 5.21. The van der Waals surface area contributed by atoms with Crippen molar-refractivity contribution in [3.05, 3.63) is 15.6 Å². The topological polar surface area (TPSA) is 94.1 Å². The Balaban J connectivity index is 1.65. The zero-order valence-electron chi connectivity index (χ0n) is 17.2. The molecule has 2 fully saturated rings. The van der Waals surface area contributed by atoms with E-state index in [-0.39, 0.29) is 22.9 Å². The first kappa shape index (κ1) is 20.7. The maximum Gasteiger partial charge on any atom is 0.306 e. The Bertz CT molecular complexity index is 944. The lowest BCUT2D eigenvalue weighted by atomic mass is 9.81. The fraction of sp³-hybridized carbons (Fsp3) is 0.722. The van der Waals surface area contributed by atoms with Crippen LogP contribution in [0.25, 0.3) is 0 Å². The van der Waals surface area contributed by atoms with Gasteiger partial charge in [-0.15, -0.1) is 11.3 Å². The molecule has 1 aromatic rings. The highest BCUT2D eigenvalue weighted by molar-refractivity contribution is 7.87. The fourth-order valence-corrected chi connectivity index (χ4v) is 7.56. The van der Waals surface area contributed by atoms with Gasteiger partial charge in [0.25, 0.3) is 5.91 Å². The fourth-order valence-electron chi connectivity index (χ4n) is 4.64. The number of likely N-dealkylation sites (N-methyl/N-ethyl adjacent to an activating group) is 2. The van der Waals surface area contributed by atoms with Crippen molar-refractivity contribution in [2.75, 3.05) is 34.7 Å². The van der Waals surface area contributed by atoms with Crippen LogP contribution < -0.4 is 0 Å². The Labute approximate surface area is 175 Å². The molecule has 160 valence electrons. The molecule has 2 aliphatic heterocycles. The summed E-state index contributed by atoms with van der Waals surface area (Å²) in [7, 11) is 3.01. The Morgan fingerprint density at radius 3 is 2.59 bits per heavy atom. The molecule has 1 aromatic heterocycles. The van der Waals surface area contributed by atoms with Crippen LogP contribution in [0.2, 0.25) is 0 Å². The SMILES string of the molecule is CN1CCc2nc(C(=O)N3[C@@H]4C[C@@H](C(=O)N(C)C)CC[C@@H]4N(C)S3(=O)=O)sc2C1. The summed E-state index contributed by atoms with van der Waals surface area (Å²) in [5.41, 5.74) is 0.891. The van der Waals surface area contributed by atoms with Gasteiger partial charge >= 0.3 is 10.2 Å². The van der Waals surface area contributed by atoms with E-state index in [1.165, 1.54) is 27.6 Å². The molecule has 29 heavy (non-hydrogen) atoms. The number of nitrogens with zero attached hydrogens (tertiary/aromatic N) is 5. The molecular weight excluding hydrogens is 414 g/mol. The summed E-state index contributed by atoms with van der Waals surface area (Å²) in [6, 6.07) is -0.834. The Morgan fingerprint density at radius 1 is 1.17 bits per heavy atom. The molecule has 3 aliphatic rings. The number of thiazole rings is 1. The third-order valence-electron chi connectivity index (χ3n) is 6.26. The van der Waals surface area contributed by atoms with Crippen LogP contribution >= 0.6 is 11.3 Å². The standard InChI is InChI=1S/C18H27N5O4S2/c1-20(2)17(24)11-5-6-13-14(9-11)23(29(26,27)22(13)4)18(25)16-19-12-7-8-21(3)10-15(12)28-16/h11,13-14H,5-10H2,1-4H3/t11-,13-,14+/m0/s1. The van der Waals surface area contributed by atoms with E-state index in [1.54, 1.807) is 14.1 Å². The lowest BCUT2D eigenvalue weighted by Gasteiger charge is -2.34. The van der Waals surface area contributed by atoms with Crippen LogP contribution in [0.15, 0.2) is 0 Å². The van der Waals surface area contributed by atoms with Crippen molar-refractivity contribution in [3.63, 3.8) is 0 Å². The third kappa shape index (κ3) is 3.37. The van der Waals surface area contributed by atoms with Gasteiger partial charge in [0.15, 0.2) is 5.01 Å². The van der Waals surface area contributed by atoms with Crippen LogP contribution in [0.5, 0.6) is 0 Å². The van der Waals surface area contributed by atoms with Crippen LogP contribution in [0.3, 0.4) is 0 Å². The van der Waals surface area contributed by atoms with Gasteiger partial charge < -0.3 is 9.80 Å². The molecular formula is C18H27N5O4S2. The molecule has 3 atom stereocenters. The van der Waals surface area contributed by atoms with Gasteiger partial charge in [-0.1, -0.05) is 0 Å². The van der Waals surface area contributed by atoms with Crippen LogP contribution in [-0.2, 0) is 28.0 Å². The van der Waals surface area contributed by atoms with Crippen molar-refractivity contribution in [1.82, 2.24) is 23.4 Å². The maximum atomic E-state index is 13.3. The molecule has 1 saturated carbocycles. The minimum atomic E-state index is -3.93. The molecule has 1 aliphatic carbocycles. The number of hydrogen-bond acceptors (Lipinski definition) is 7. The molecule has 0 spiro atoms. The van der Waals surface area contributed by atoms with Gasteiger partial charge in [-0.2, -0.15) is 12.7 Å². The van der Waals surface area contributed by atoms with E-state index in [1.807, 2.05) is 7.05 Å². The van der Waals surface area contributed by atoms with E-state index in [9.17, 15) is 18.0 Å². The monoisotopic (exact) mass is 441 g/mol. The number of aromatic nitrogens is 1. The predicted molar refractivity (Wildman–Crippen MR) is 109 cm³/mol. The molecule has 0 radical (unpaired) electrons. The van der Waals surface area contributed by atoms with Crippen molar-refractivity contribution in [2.45, 2.75) is 44.3 Å². The quantitative estimate of drug-likeness (QED) is 0.659. The number of fused-ring (bicyclic) bond motifs is 2. The average Bonchev–Trinajstić information content (AvgIpc) is 3.17. The minimum absolute atomic E-state index is 0.0180. The highest BCUT2D eigenvalue weighted by atomic mass is 32.2. The number of amides is 2. The van der Waals surface area contributed by atoms with E-state index < -0.39 is 22.2 Å². The van der Waals surface area contributed by atoms with Crippen molar-refractivity contribution in [3.8, 4) is 0 Å². The highest BCUT2D eigenvalue weighted by Gasteiger charge is 2.55. The van der Waals surface area contributed by atoms with E-state index in [4.69, 9.17) is 0 Å². The van der Waals surface area contributed by atoms with Crippen LogP contribution in [0.1, 0.15) is 39.6 Å². The van der Waals surface area contributed by atoms with Gasteiger partial charge in [-0.3, -0.25) is 9.59 Å². The molecule has 0 unspecified atom stereocenters. The van der Waals surface area contributed by atoms with E-state index in [0.717, 1.165) is 34.4 Å². The molecule has 9 nitrogen and oxygen atoms in total. The van der Waals surface area contributed by atoms with Gasteiger partial charge in [0.1, 0.15) is 0 Å². The van der Waals surface area contributed by atoms with Gasteiger partial charge in [0.05, 0.1) is 11.7 Å². The summed E-state index contributed by atoms with van der Waals surface area (Å²) >= 11 is 1.29. The number of carbonyl (C=O) groups is 2. The molecule has 1 saturated heterocycles. The van der Waals surface area contributed by atoms with Gasteiger partial charge in [0, 0.05) is 57.5 Å². The lowest BCUT2D eigenvalue weighted by Crippen LogP contribution is -2.47. The second-order valence-electron chi connectivity index (χ2n) is 8.38. The van der Waals surface area contributed by atoms with Crippen LogP contribution in [-0.4, -0.2) is 90.4 Å². The van der Waals surface area contributed by atoms with Gasteiger partial charge in [-0.05, 0) is 26.3 Å². The number of rotatable bonds is 2. The lowest BCUT2D eigenvalue weighted by molar-refractivity contribution is -0.134. The number of hydrogen-bond donors (Lipinski definition) is 0. The van der Waals surface area contributed by atoms with E-state index in [2.05, 4.69) is 9.88 Å². The number of carbonyl (C=O) groups excluding carboxylic acids is 2. The zero-order valence-corrected chi connectivity index (χ0v) is 18.8. The largest absolute Gasteiger partial charge is 0.349 e. The van der Waals surface area contributed by atoms with E-state index in [0.29, 0.717) is 19.3 Å². The highest BCUT2D eigenvalue weighted by Crippen LogP contribution is 2.40.